The average Bonchev–Trinajstić information content (AvgIpc) is 3.52. The zero-order chi connectivity index (χ0) is 23.4. The molecule has 6 nitrogen and oxygen atoms in total. The minimum absolute atomic E-state index is 0.0533. The van der Waals surface area contributed by atoms with E-state index >= 15 is 0 Å². The maximum atomic E-state index is 13.3. The third kappa shape index (κ3) is 5.29. The molecule has 0 saturated heterocycles. The van der Waals surface area contributed by atoms with Crippen LogP contribution in [0.2, 0.25) is 0 Å². The van der Waals surface area contributed by atoms with Crippen molar-refractivity contribution in [2.24, 2.45) is 0 Å². The highest BCUT2D eigenvalue weighted by molar-refractivity contribution is 9.10. The monoisotopic (exact) mass is 527 g/mol. The molecule has 0 atom stereocenters. The first kappa shape index (κ1) is 23.1. The quantitative estimate of drug-likeness (QED) is 0.286. The molecule has 2 aromatic carbocycles. The molecule has 4 aromatic rings. The van der Waals surface area contributed by atoms with Gasteiger partial charge in [-0.05, 0) is 66.1 Å². The van der Waals surface area contributed by atoms with Crippen molar-refractivity contribution in [1.29, 1.82) is 0 Å². The van der Waals surface area contributed by atoms with E-state index in [0.29, 0.717) is 12.3 Å². The Morgan fingerprint density at radius 1 is 0.909 bits per heavy atom. The van der Waals surface area contributed by atoms with Gasteiger partial charge in [-0.2, -0.15) is 0 Å². The maximum absolute atomic E-state index is 13.3. The molecular weight excluding hydrogens is 506 g/mol. The van der Waals surface area contributed by atoms with Crippen molar-refractivity contribution in [3.8, 4) is 0 Å². The first-order chi connectivity index (χ1) is 15.9. The highest BCUT2D eigenvalue weighted by Gasteiger charge is 2.26. The van der Waals surface area contributed by atoms with Crippen LogP contribution in [0.3, 0.4) is 0 Å². The molecule has 0 aliphatic carbocycles. The van der Waals surface area contributed by atoms with Crippen LogP contribution in [-0.4, -0.2) is 19.2 Å². The van der Waals surface area contributed by atoms with Crippen molar-refractivity contribution in [3.05, 3.63) is 106 Å². The molecule has 0 N–H and O–H groups in total. The Labute approximate surface area is 200 Å². The first-order valence-electron chi connectivity index (χ1n) is 10.4. The molecule has 0 spiro atoms. The summed E-state index contributed by atoms with van der Waals surface area (Å²) >= 11 is 3.29. The smallest absolute Gasteiger partial charge is 0.290 e. The lowest BCUT2D eigenvalue weighted by Crippen LogP contribution is -2.29. The van der Waals surface area contributed by atoms with Gasteiger partial charge in [0, 0.05) is 11.0 Å². The van der Waals surface area contributed by atoms with Gasteiger partial charge in [0.1, 0.15) is 5.76 Å². The van der Waals surface area contributed by atoms with Crippen LogP contribution in [-0.2, 0) is 29.3 Å². The summed E-state index contributed by atoms with van der Waals surface area (Å²) in [6.07, 6.45) is 2.47. The number of furan rings is 2. The van der Waals surface area contributed by atoms with E-state index in [4.69, 9.17) is 8.83 Å². The number of hydrogen-bond acceptors (Lipinski definition) is 5. The average molecular weight is 528 g/mol. The van der Waals surface area contributed by atoms with Gasteiger partial charge in [0.2, 0.25) is 14.9 Å². The van der Waals surface area contributed by atoms with Gasteiger partial charge in [0.25, 0.3) is 5.91 Å². The minimum Gasteiger partial charge on any atom is -0.467 e. The molecule has 0 radical (unpaired) electrons. The fourth-order valence-electron chi connectivity index (χ4n) is 3.36. The fraction of sp³-hybridized carbons (Fsp3) is 0.160. The van der Waals surface area contributed by atoms with Crippen LogP contribution in [0.15, 0.2) is 102 Å². The molecule has 4 rings (SSSR count). The molecule has 8 heteroatoms. The van der Waals surface area contributed by atoms with E-state index in [1.54, 1.807) is 35.4 Å². The summed E-state index contributed by atoms with van der Waals surface area (Å²) in [5.74, 6) is 0.133. The molecule has 2 aromatic heterocycles. The summed E-state index contributed by atoms with van der Waals surface area (Å²) in [7, 11) is -3.89. The van der Waals surface area contributed by atoms with E-state index < -0.39 is 15.7 Å². The molecule has 0 bridgehead atoms. The van der Waals surface area contributed by atoms with Crippen LogP contribution in [0.4, 0.5) is 0 Å². The number of amides is 1. The summed E-state index contributed by atoms with van der Waals surface area (Å²) in [6.45, 7) is 2.62. The zero-order valence-electron chi connectivity index (χ0n) is 17.9. The van der Waals surface area contributed by atoms with Gasteiger partial charge in [-0.15, -0.1) is 0 Å². The van der Waals surface area contributed by atoms with Gasteiger partial charge in [0.15, 0.2) is 5.76 Å². The van der Waals surface area contributed by atoms with Gasteiger partial charge in [-0.25, -0.2) is 8.42 Å². The van der Waals surface area contributed by atoms with E-state index in [0.717, 1.165) is 16.5 Å². The predicted octanol–water partition coefficient (Wildman–Crippen LogP) is 5.87. The number of carbonyl (C=O) groups is 1. The second-order valence-corrected chi connectivity index (χ2v) is 10.3. The van der Waals surface area contributed by atoms with E-state index in [1.807, 2.05) is 24.3 Å². The number of benzene rings is 2. The van der Waals surface area contributed by atoms with Crippen LogP contribution in [0.25, 0.3) is 0 Å². The first-order valence-corrected chi connectivity index (χ1v) is 12.6. The number of carbonyl (C=O) groups excluding carboxylic acids is 1. The van der Waals surface area contributed by atoms with Crippen LogP contribution in [0, 0.1) is 0 Å². The standard InChI is InChI=1S/C25H22BrNO5S/c1-2-18-5-7-19(8-6-18)16-27(17-21-4-3-15-31-21)25(28)23-13-14-24(32-23)33(29,30)22-11-9-20(26)10-12-22/h3-15H,2,16-17H2,1H3. The van der Waals surface area contributed by atoms with Crippen LogP contribution in [0.5, 0.6) is 0 Å². The Balaban J connectivity index is 1.60. The Kier molecular flexibility index (Phi) is 6.85. The van der Waals surface area contributed by atoms with Gasteiger partial charge < -0.3 is 13.7 Å². The summed E-state index contributed by atoms with van der Waals surface area (Å²) < 4.78 is 37.6. The van der Waals surface area contributed by atoms with Crippen molar-refractivity contribution >= 4 is 31.7 Å². The summed E-state index contributed by atoms with van der Waals surface area (Å²) in [5.41, 5.74) is 2.15. The van der Waals surface area contributed by atoms with Crippen LogP contribution >= 0.6 is 15.9 Å². The van der Waals surface area contributed by atoms with Crippen LogP contribution in [0.1, 0.15) is 34.4 Å². The molecule has 0 unspecified atom stereocenters. The second kappa shape index (κ2) is 9.80. The summed E-state index contributed by atoms with van der Waals surface area (Å²) in [6, 6.07) is 20.5. The normalized spacial score (nSPS) is 11.5. The lowest BCUT2D eigenvalue weighted by molar-refractivity contribution is 0.0679. The Bertz CT molecular complexity index is 1320. The molecule has 0 aliphatic rings. The zero-order valence-corrected chi connectivity index (χ0v) is 20.3. The SMILES string of the molecule is CCc1ccc(CN(Cc2ccco2)C(=O)c2ccc(S(=O)(=O)c3ccc(Br)cc3)o2)cc1. The number of rotatable bonds is 8. The predicted molar refractivity (Wildman–Crippen MR) is 126 cm³/mol. The Morgan fingerprint density at radius 2 is 1.61 bits per heavy atom. The van der Waals surface area contributed by atoms with Crippen molar-refractivity contribution in [2.75, 3.05) is 0 Å². The molecule has 0 aliphatic heterocycles. The third-order valence-corrected chi connectivity index (χ3v) is 7.37. The Morgan fingerprint density at radius 3 is 2.24 bits per heavy atom. The van der Waals surface area contributed by atoms with E-state index in [1.165, 1.54) is 29.8 Å². The van der Waals surface area contributed by atoms with Gasteiger partial charge >= 0.3 is 0 Å². The fourth-order valence-corrected chi connectivity index (χ4v) is 4.79. The summed E-state index contributed by atoms with van der Waals surface area (Å²) in [4.78, 5) is 15.0. The van der Waals surface area contributed by atoms with Crippen molar-refractivity contribution in [2.45, 2.75) is 36.4 Å². The number of halogens is 1. The van der Waals surface area contributed by atoms with E-state index in [-0.39, 0.29) is 22.3 Å². The van der Waals surface area contributed by atoms with E-state index in [9.17, 15) is 13.2 Å². The summed E-state index contributed by atoms with van der Waals surface area (Å²) in [5, 5.41) is -0.279. The van der Waals surface area contributed by atoms with Gasteiger partial charge in [-0.3, -0.25) is 4.79 Å². The van der Waals surface area contributed by atoms with Gasteiger partial charge in [0.05, 0.1) is 17.7 Å². The minimum atomic E-state index is -3.89. The maximum Gasteiger partial charge on any atom is 0.290 e. The van der Waals surface area contributed by atoms with Crippen molar-refractivity contribution in [1.82, 2.24) is 4.90 Å². The molecule has 33 heavy (non-hydrogen) atoms. The van der Waals surface area contributed by atoms with Gasteiger partial charge in [-0.1, -0.05) is 47.1 Å². The third-order valence-electron chi connectivity index (χ3n) is 5.20. The molecule has 170 valence electrons. The molecule has 1 amide bonds. The highest BCUT2D eigenvalue weighted by Crippen LogP contribution is 2.25. The number of hydrogen-bond donors (Lipinski definition) is 0. The number of nitrogens with zero attached hydrogens (tertiary/aromatic N) is 1. The Hall–Kier alpha value is -3.10. The highest BCUT2D eigenvalue weighted by atomic mass is 79.9. The molecule has 0 saturated carbocycles. The second-order valence-electron chi connectivity index (χ2n) is 7.49. The lowest BCUT2D eigenvalue weighted by Gasteiger charge is -2.21. The van der Waals surface area contributed by atoms with E-state index in [2.05, 4.69) is 22.9 Å². The number of sulfone groups is 1. The topological polar surface area (TPSA) is 80.7 Å². The van der Waals surface area contributed by atoms with Crippen molar-refractivity contribution < 1.29 is 22.0 Å². The molecule has 0 fully saturated rings. The molecule has 2 heterocycles. The molecular formula is C25H22BrNO5S. The van der Waals surface area contributed by atoms with Crippen LogP contribution < -0.4 is 0 Å². The van der Waals surface area contributed by atoms with Crippen molar-refractivity contribution in [3.63, 3.8) is 0 Å². The largest absolute Gasteiger partial charge is 0.467 e. The lowest BCUT2D eigenvalue weighted by atomic mass is 10.1. The number of aryl methyl sites for hydroxylation is 1.